The monoisotopic (exact) mass is 922 g/mol. The van der Waals surface area contributed by atoms with E-state index >= 15 is 0 Å². The summed E-state index contributed by atoms with van der Waals surface area (Å²) in [7, 11) is -8.02. The van der Waals surface area contributed by atoms with Crippen LogP contribution in [0.15, 0.2) is 128 Å². The van der Waals surface area contributed by atoms with Crippen molar-refractivity contribution in [2.45, 2.75) is 30.2 Å². The maximum Gasteiger partial charge on any atom is 0.275 e. The van der Waals surface area contributed by atoms with Gasteiger partial charge in [-0.15, -0.1) is 0 Å². The smallest absolute Gasteiger partial charge is 0.275 e. The molecule has 334 valence electrons. The fourth-order valence-corrected chi connectivity index (χ4v) is 7.55. The van der Waals surface area contributed by atoms with Gasteiger partial charge in [-0.2, -0.15) is 9.98 Å². The number of sulfone groups is 1. The fraction of sp³-hybridized carbons (Fsp3) is 0.0952. The zero-order valence-corrected chi connectivity index (χ0v) is 35.2. The predicted molar refractivity (Wildman–Crippen MR) is 231 cm³/mol. The molecule has 0 spiro atoms. The number of hydrogen-bond donors (Lipinski definition) is 6. The van der Waals surface area contributed by atoms with Gasteiger partial charge in [0.05, 0.1) is 9.79 Å². The van der Waals surface area contributed by atoms with Gasteiger partial charge in [-0.3, -0.25) is 9.59 Å². The minimum Gasteiger partial charge on any atom is -0.451 e. The Morgan fingerprint density at radius 3 is 1.39 bits per heavy atom. The molecule has 22 heteroatoms. The number of rotatable bonds is 16. The molecule has 0 radical (unpaired) electrons. The minimum atomic E-state index is -4.08. The number of hydrogen-bond acceptors (Lipinski definition) is 9. The number of nitrogens with one attached hydrogen (secondary N) is 2. The van der Waals surface area contributed by atoms with Gasteiger partial charge >= 0.3 is 0 Å². The second kappa shape index (κ2) is 20.1. The number of nitrogens with two attached hydrogens (primary N) is 4. The fourth-order valence-electron chi connectivity index (χ4n) is 5.46. The lowest BCUT2D eigenvalue weighted by atomic mass is 10.1. The Bertz CT molecular complexity index is 2690. The van der Waals surface area contributed by atoms with Crippen molar-refractivity contribution < 1.29 is 53.5 Å². The van der Waals surface area contributed by atoms with Crippen molar-refractivity contribution in [3.8, 4) is 23.0 Å². The Balaban J connectivity index is 1.13. The van der Waals surface area contributed by atoms with Gasteiger partial charge in [-0.05, 0) is 128 Å². The summed E-state index contributed by atoms with van der Waals surface area (Å²) in [6.45, 7) is 2.55. The number of ether oxygens (including phenoxy) is 2. The predicted octanol–water partition coefficient (Wildman–Crippen LogP) is 5.56. The molecule has 0 aromatic heterocycles. The molecule has 5 rings (SSSR count). The van der Waals surface area contributed by atoms with Crippen molar-refractivity contribution in [1.29, 1.82) is 0 Å². The lowest BCUT2D eigenvalue weighted by Gasteiger charge is -2.12. The number of aliphatic imine (C=N–C) groups is 2. The average Bonchev–Trinajstić information content (AvgIpc) is 3.22. The normalized spacial score (nSPS) is 12.0. The van der Waals surface area contributed by atoms with Gasteiger partial charge in [0, 0.05) is 23.4 Å². The summed E-state index contributed by atoms with van der Waals surface area (Å²) < 4.78 is 124. The standard InChI is InChI=1S/C42H38F4N8O8S2/c1-23(39(55)53-41(47)48)15-26-17-33(43)37(34(44)18-26)61-29-7-11-31(12-8-29)63(57,58)22-51-28-5-3-25(4-6-28)21-52-64(59,60)32-13-9-30(10-14-32)62-38-35(45)19-27(20-36(38)46)16-24(2)40(56)54-42(49)50/h3-20,51-52H,21-22H2,1-2H3,(H4,47,48,53,55)(H4,49,50,54,56)/b23-15+,24-16+. The maximum atomic E-state index is 14.8. The largest absolute Gasteiger partial charge is 0.451 e. The third-order valence-electron chi connectivity index (χ3n) is 8.59. The Labute approximate surface area is 364 Å². The van der Waals surface area contributed by atoms with Crippen LogP contribution in [-0.4, -0.2) is 46.4 Å². The van der Waals surface area contributed by atoms with E-state index in [2.05, 4.69) is 20.0 Å². The number of carbonyl (C=O) groups excluding carboxylic acids is 2. The Morgan fingerprint density at radius 2 is 1.00 bits per heavy atom. The highest BCUT2D eigenvalue weighted by atomic mass is 32.2. The molecular formula is C42H38F4N8O8S2. The van der Waals surface area contributed by atoms with Crippen molar-refractivity contribution in [3.63, 3.8) is 0 Å². The first-order chi connectivity index (χ1) is 30.1. The second-order valence-electron chi connectivity index (χ2n) is 13.6. The molecule has 0 saturated heterocycles. The SMILES string of the molecule is C/C(=C\c1cc(F)c(Oc2ccc(S(=O)(=O)CNc3ccc(CNS(=O)(=O)c4ccc(Oc5c(F)cc(/C=C(\C)C(=O)N=C(N)N)cc5F)cc4)cc3)cc2)c(F)c1)C(=O)N=C(N)N. The number of sulfonamides is 1. The van der Waals surface area contributed by atoms with E-state index in [9.17, 15) is 44.0 Å². The van der Waals surface area contributed by atoms with E-state index in [1.54, 1.807) is 12.1 Å². The number of amides is 2. The van der Waals surface area contributed by atoms with Crippen LogP contribution in [0, 0.1) is 23.3 Å². The van der Waals surface area contributed by atoms with Crippen LogP contribution in [0.4, 0.5) is 23.2 Å². The highest BCUT2D eigenvalue weighted by Crippen LogP contribution is 2.32. The molecular weight excluding hydrogens is 885 g/mol. The molecule has 0 aliphatic heterocycles. The summed E-state index contributed by atoms with van der Waals surface area (Å²) >= 11 is 0. The molecule has 0 heterocycles. The number of benzene rings is 5. The number of anilines is 1. The first kappa shape index (κ1) is 47.5. The topological polar surface area (TPSA) is 274 Å². The molecule has 5 aromatic carbocycles. The van der Waals surface area contributed by atoms with Gasteiger partial charge in [0.15, 0.2) is 56.5 Å². The summed E-state index contributed by atoms with van der Waals surface area (Å²) in [5.41, 5.74) is 21.6. The van der Waals surface area contributed by atoms with Crippen molar-refractivity contribution in [3.05, 3.63) is 148 Å². The Kier molecular flexibility index (Phi) is 14.9. The lowest BCUT2D eigenvalue weighted by molar-refractivity contribution is -0.115. The molecule has 10 N–H and O–H groups in total. The van der Waals surface area contributed by atoms with Crippen LogP contribution in [0.5, 0.6) is 23.0 Å². The first-order valence-corrected chi connectivity index (χ1v) is 21.5. The van der Waals surface area contributed by atoms with Crippen molar-refractivity contribution >= 4 is 61.4 Å². The molecule has 0 saturated carbocycles. The van der Waals surface area contributed by atoms with E-state index < -0.39 is 84.2 Å². The molecule has 0 aliphatic rings. The van der Waals surface area contributed by atoms with E-state index in [0.717, 1.165) is 24.3 Å². The van der Waals surface area contributed by atoms with Crippen LogP contribution in [0.1, 0.15) is 30.5 Å². The third kappa shape index (κ3) is 12.7. The van der Waals surface area contributed by atoms with E-state index in [1.165, 1.54) is 86.7 Å². The summed E-state index contributed by atoms with van der Waals surface area (Å²) in [5, 5.41) is 2.77. The highest BCUT2D eigenvalue weighted by Gasteiger charge is 2.19. The Hall–Kier alpha value is -7.56. The molecule has 0 aliphatic carbocycles. The molecule has 2 amide bonds. The van der Waals surface area contributed by atoms with Crippen molar-refractivity contribution in [1.82, 2.24) is 4.72 Å². The molecule has 5 aromatic rings. The molecule has 16 nitrogen and oxygen atoms in total. The van der Waals surface area contributed by atoms with E-state index in [1.807, 2.05) is 0 Å². The third-order valence-corrected chi connectivity index (χ3v) is 11.5. The van der Waals surface area contributed by atoms with Crippen LogP contribution >= 0.6 is 0 Å². The maximum absolute atomic E-state index is 14.8. The zero-order chi connectivity index (χ0) is 46.9. The molecule has 0 bridgehead atoms. The van der Waals surface area contributed by atoms with Crippen LogP contribution in [0.25, 0.3) is 12.2 Å². The van der Waals surface area contributed by atoms with E-state index in [-0.39, 0.29) is 50.1 Å². The minimum absolute atomic E-state index is 0.00663. The summed E-state index contributed by atoms with van der Waals surface area (Å²) in [4.78, 5) is 30.2. The number of guanidine groups is 2. The number of nitrogens with zero attached hydrogens (tertiary/aromatic N) is 2. The van der Waals surface area contributed by atoms with Crippen LogP contribution < -0.4 is 42.4 Å². The van der Waals surface area contributed by atoms with Gasteiger partial charge in [-0.1, -0.05) is 12.1 Å². The van der Waals surface area contributed by atoms with Crippen molar-refractivity contribution in [2.24, 2.45) is 32.9 Å². The van der Waals surface area contributed by atoms with Gasteiger partial charge in [0.1, 0.15) is 17.4 Å². The van der Waals surface area contributed by atoms with Gasteiger partial charge in [-0.25, -0.2) is 39.1 Å². The van der Waals surface area contributed by atoms with E-state index in [4.69, 9.17) is 32.4 Å². The molecule has 0 atom stereocenters. The quantitative estimate of drug-likeness (QED) is 0.0307. The molecule has 64 heavy (non-hydrogen) atoms. The molecule has 0 fully saturated rings. The van der Waals surface area contributed by atoms with Crippen molar-refractivity contribution in [2.75, 3.05) is 11.2 Å². The number of halogens is 4. The van der Waals surface area contributed by atoms with E-state index in [0.29, 0.717) is 11.3 Å². The lowest BCUT2D eigenvalue weighted by Crippen LogP contribution is -2.24. The average molecular weight is 923 g/mol. The molecule has 0 unspecified atom stereocenters. The summed E-state index contributed by atoms with van der Waals surface area (Å²) in [6, 6.07) is 19.4. The van der Waals surface area contributed by atoms with Gasteiger partial charge in [0.25, 0.3) is 11.8 Å². The summed E-state index contributed by atoms with van der Waals surface area (Å²) in [6.07, 6.45) is 2.35. The van der Waals surface area contributed by atoms with Crippen LogP contribution in [0.2, 0.25) is 0 Å². The zero-order valence-electron chi connectivity index (χ0n) is 33.6. The second-order valence-corrected chi connectivity index (χ2v) is 17.3. The van der Waals surface area contributed by atoms with Crippen LogP contribution in [0.3, 0.4) is 0 Å². The van der Waals surface area contributed by atoms with Gasteiger partial charge < -0.3 is 37.7 Å². The van der Waals surface area contributed by atoms with Gasteiger partial charge in [0.2, 0.25) is 10.0 Å². The first-order valence-electron chi connectivity index (χ1n) is 18.3. The Morgan fingerprint density at radius 1 is 0.609 bits per heavy atom. The highest BCUT2D eigenvalue weighted by molar-refractivity contribution is 7.91. The van der Waals surface area contributed by atoms with Crippen LogP contribution in [-0.2, 0) is 36.0 Å². The number of carbonyl (C=O) groups is 2. The summed E-state index contributed by atoms with van der Waals surface area (Å²) in [5.74, 6) is -9.18.